The molecule has 0 spiro atoms. The average molecular weight is 204 g/mol. The van der Waals surface area contributed by atoms with E-state index in [-0.39, 0.29) is 5.69 Å². The number of benzene rings is 1. The molecule has 1 aromatic heterocycles. The number of nitrogens with one attached hydrogen (secondary N) is 2. The fraction of sp³-hybridized carbons (Fsp3) is 0.200. The molecule has 78 valence electrons. The van der Waals surface area contributed by atoms with Gasteiger partial charge in [-0.1, -0.05) is 30.3 Å². The summed E-state index contributed by atoms with van der Waals surface area (Å²) in [5.74, 6) is 0.429. The minimum absolute atomic E-state index is 0.349. The Morgan fingerprint density at radius 3 is 2.53 bits per heavy atom. The summed E-state index contributed by atoms with van der Waals surface area (Å²) in [5.41, 5.74) is 5.88. The number of nitrogens with zero attached hydrogens (tertiary/aromatic N) is 1. The van der Waals surface area contributed by atoms with E-state index in [2.05, 4.69) is 15.2 Å². The molecule has 1 aromatic carbocycles. The van der Waals surface area contributed by atoms with E-state index in [1.807, 2.05) is 30.3 Å². The van der Waals surface area contributed by atoms with Crippen LogP contribution in [0.2, 0.25) is 0 Å². The van der Waals surface area contributed by atoms with Crippen LogP contribution in [0.25, 0.3) is 0 Å². The van der Waals surface area contributed by atoms with Crippen molar-refractivity contribution in [1.82, 2.24) is 15.2 Å². The highest BCUT2D eigenvalue weighted by atomic mass is 16.1. The van der Waals surface area contributed by atoms with Crippen LogP contribution in [0.15, 0.2) is 35.1 Å². The van der Waals surface area contributed by atoms with Crippen molar-refractivity contribution in [2.24, 2.45) is 5.73 Å². The molecular weight excluding hydrogens is 192 g/mol. The smallest absolute Gasteiger partial charge is 0.315 e. The maximum atomic E-state index is 10.9. The average Bonchev–Trinajstić information content (AvgIpc) is 2.67. The van der Waals surface area contributed by atoms with Gasteiger partial charge in [0.25, 0.3) is 0 Å². The number of rotatable bonds is 2. The molecule has 1 atom stereocenters. The largest absolute Gasteiger partial charge is 0.340 e. The molecule has 15 heavy (non-hydrogen) atoms. The van der Waals surface area contributed by atoms with Crippen LogP contribution in [0, 0.1) is 0 Å². The number of hydrogen-bond acceptors (Lipinski definition) is 3. The Labute approximate surface area is 86.3 Å². The van der Waals surface area contributed by atoms with E-state index in [0.29, 0.717) is 5.82 Å². The van der Waals surface area contributed by atoms with Crippen LogP contribution in [0.1, 0.15) is 18.3 Å². The number of aromatic nitrogens is 3. The normalized spacial score (nSPS) is 14.8. The number of aromatic amines is 2. The second-order valence-electron chi connectivity index (χ2n) is 3.59. The third-order valence-electron chi connectivity index (χ3n) is 2.37. The molecule has 4 N–H and O–H groups in total. The zero-order valence-electron chi connectivity index (χ0n) is 8.32. The van der Waals surface area contributed by atoms with E-state index in [9.17, 15) is 4.79 Å². The Balaban J connectivity index is 2.48. The lowest BCUT2D eigenvalue weighted by molar-refractivity contribution is 0.560. The standard InChI is InChI=1S/C10H12N4O/c1-10(11,7-5-3-2-4-6-7)8-12-9(15)14-13-8/h2-6H,11H2,1H3,(H2,12,13,14,15). The summed E-state index contributed by atoms with van der Waals surface area (Å²) in [4.78, 5) is 13.5. The summed E-state index contributed by atoms with van der Waals surface area (Å²) in [6.07, 6.45) is 0. The van der Waals surface area contributed by atoms with E-state index in [1.165, 1.54) is 0 Å². The van der Waals surface area contributed by atoms with Gasteiger partial charge >= 0.3 is 5.69 Å². The Bertz CT molecular complexity index is 497. The first-order chi connectivity index (χ1) is 7.10. The van der Waals surface area contributed by atoms with Crippen LogP contribution in [0.3, 0.4) is 0 Å². The molecule has 0 aliphatic rings. The number of H-pyrrole nitrogens is 2. The zero-order valence-corrected chi connectivity index (χ0v) is 8.32. The van der Waals surface area contributed by atoms with Crippen LogP contribution in [0.4, 0.5) is 0 Å². The predicted octanol–water partition coefficient (Wildman–Crippen LogP) is 0.320. The van der Waals surface area contributed by atoms with Gasteiger partial charge < -0.3 is 5.73 Å². The molecule has 2 aromatic rings. The maximum Gasteiger partial charge on any atom is 0.340 e. The second-order valence-corrected chi connectivity index (χ2v) is 3.59. The van der Waals surface area contributed by atoms with Crippen molar-refractivity contribution in [2.75, 3.05) is 0 Å². The van der Waals surface area contributed by atoms with E-state index in [0.717, 1.165) is 5.56 Å². The number of nitrogens with two attached hydrogens (primary N) is 1. The number of hydrogen-bond donors (Lipinski definition) is 3. The predicted molar refractivity (Wildman–Crippen MR) is 56.3 cm³/mol. The van der Waals surface area contributed by atoms with E-state index in [4.69, 9.17) is 5.73 Å². The molecule has 0 saturated carbocycles. The molecule has 0 bridgehead atoms. The van der Waals surface area contributed by atoms with Crippen molar-refractivity contribution in [3.05, 3.63) is 52.2 Å². The van der Waals surface area contributed by atoms with Crippen LogP contribution < -0.4 is 11.4 Å². The molecule has 0 amide bonds. The summed E-state index contributed by atoms with van der Waals surface area (Å²) < 4.78 is 0. The van der Waals surface area contributed by atoms with Crippen molar-refractivity contribution >= 4 is 0 Å². The van der Waals surface area contributed by atoms with Gasteiger partial charge in [-0.05, 0) is 12.5 Å². The van der Waals surface area contributed by atoms with Crippen LogP contribution >= 0.6 is 0 Å². The van der Waals surface area contributed by atoms with Crippen LogP contribution in [0.5, 0.6) is 0 Å². The zero-order chi connectivity index (χ0) is 10.9. The van der Waals surface area contributed by atoms with Gasteiger partial charge in [-0.25, -0.2) is 9.89 Å². The van der Waals surface area contributed by atoms with Crippen LogP contribution in [-0.4, -0.2) is 15.2 Å². The summed E-state index contributed by atoms with van der Waals surface area (Å²) in [7, 11) is 0. The second kappa shape index (κ2) is 3.36. The van der Waals surface area contributed by atoms with E-state index < -0.39 is 5.54 Å². The lowest BCUT2D eigenvalue weighted by Gasteiger charge is -2.21. The first-order valence-corrected chi connectivity index (χ1v) is 4.60. The highest BCUT2D eigenvalue weighted by Crippen LogP contribution is 2.21. The van der Waals surface area contributed by atoms with Gasteiger partial charge in [-0.3, -0.25) is 4.98 Å². The van der Waals surface area contributed by atoms with Gasteiger partial charge in [-0.15, -0.1) is 0 Å². The Kier molecular flexibility index (Phi) is 2.17. The van der Waals surface area contributed by atoms with Crippen molar-refractivity contribution in [3.63, 3.8) is 0 Å². The summed E-state index contributed by atoms with van der Waals surface area (Å²) in [5, 5.41) is 6.15. The molecule has 1 unspecified atom stereocenters. The van der Waals surface area contributed by atoms with Crippen LogP contribution in [-0.2, 0) is 5.54 Å². The van der Waals surface area contributed by atoms with Gasteiger partial charge in [0.1, 0.15) is 0 Å². The molecule has 1 heterocycles. The van der Waals surface area contributed by atoms with Gasteiger partial charge in [-0.2, -0.15) is 5.10 Å². The molecule has 2 rings (SSSR count). The molecule has 5 nitrogen and oxygen atoms in total. The third-order valence-corrected chi connectivity index (χ3v) is 2.37. The lowest BCUT2D eigenvalue weighted by atomic mass is 9.93. The molecular formula is C10H12N4O. The quantitative estimate of drug-likeness (QED) is 0.658. The van der Waals surface area contributed by atoms with Crippen molar-refractivity contribution in [2.45, 2.75) is 12.5 Å². The molecule has 0 aliphatic carbocycles. The molecule has 0 radical (unpaired) electrons. The van der Waals surface area contributed by atoms with E-state index >= 15 is 0 Å². The molecule has 0 aliphatic heterocycles. The van der Waals surface area contributed by atoms with Gasteiger partial charge in [0.15, 0.2) is 5.82 Å². The van der Waals surface area contributed by atoms with Crippen molar-refractivity contribution in [1.29, 1.82) is 0 Å². The monoisotopic (exact) mass is 204 g/mol. The summed E-state index contributed by atoms with van der Waals surface area (Å²) >= 11 is 0. The SMILES string of the molecule is CC(N)(c1ccccc1)c1n[nH]c(=O)[nH]1. The maximum absolute atomic E-state index is 10.9. The van der Waals surface area contributed by atoms with Gasteiger partial charge in [0.05, 0.1) is 5.54 Å². The molecule has 5 heteroatoms. The minimum atomic E-state index is -0.791. The molecule has 0 fully saturated rings. The fourth-order valence-electron chi connectivity index (χ4n) is 1.44. The fourth-order valence-corrected chi connectivity index (χ4v) is 1.44. The highest BCUT2D eigenvalue weighted by Gasteiger charge is 2.26. The van der Waals surface area contributed by atoms with Crippen molar-refractivity contribution < 1.29 is 0 Å². The Morgan fingerprint density at radius 1 is 1.33 bits per heavy atom. The Hall–Kier alpha value is -1.88. The van der Waals surface area contributed by atoms with E-state index in [1.54, 1.807) is 6.92 Å². The lowest BCUT2D eigenvalue weighted by Crippen LogP contribution is -2.35. The summed E-state index contributed by atoms with van der Waals surface area (Å²) in [6.45, 7) is 1.80. The van der Waals surface area contributed by atoms with Gasteiger partial charge in [0, 0.05) is 0 Å². The first-order valence-electron chi connectivity index (χ1n) is 4.60. The van der Waals surface area contributed by atoms with Crippen molar-refractivity contribution in [3.8, 4) is 0 Å². The first kappa shape index (κ1) is 9.67. The summed E-state index contributed by atoms with van der Waals surface area (Å²) in [6, 6.07) is 9.49. The van der Waals surface area contributed by atoms with Gasteiger partial charge in [0.2, 0.25) is 0 Å². The molecule has 0 saturated heterocycles. The Morgan fingerprint density at radius 2 is 2.00 bits per heavy atom. The third kappa shape index (κ3) is 1.69. The topological polar surface area (TPSA) is 87.6 Å². The minimum Gasteiger partial charge on any atom is -0.315 e. The highest BCUT2D eigenvalue weighted by molar-refractivity contribution is 5.29.